The minimum absolute atomic E-state index is 0.0315. The van der Waals surface area contributed by atoms with Crippen LogP contribution in [0.2, 0.25) is 0 Å². The summed E-state index contributed by atoms with van der Waals surface area (Å²) in [6.07, 6.45) is 3.82. The highest BCUT2D eigenvalue weighted by Crippen LogP contribution is 2.38. The maximum Gasteiger partial charge on any atom is 0.336 e. The molecule has 2 aliphatic rings. The van der Waals surface area contributed by atoms with Crippen molar-refractivity contribution in [2.24, 2.45) is 11.8 Å². The van der Waals surface area contributed by atoms with E-state index < -0.39 is 23.8 Å². The Balaban J connectivity index is 1.59. The number of ketones is 1. The Kier molecular flexibility index (Phi) is 7.10. The van der Waals surface area contributed by atoms with E-state index in [2.05, 4.69) is 0 Å². The summed E-state index contributed by atoms with van der Waals surface area (Å²) in [5.74, 6) is -3.74. The Labute approximate surface area is 198 Å². The molecule has 7 nitrogen and oxygen atoms in total. The molecule has 1 amide bonds. The molecule has 1 aliphatic carbocycles. The first-order valence-corrected chi connectivity index (χ1v) is 11.8. The van der Waals surface area contributed by atoms with E-state index in [0.29, 0.717) is 32.2 Å². The molecule has 1 unspecified atom stereocenters. The topological polar surface area (TPSA) is 112 Å². The lowest BCUT2D eigenvalue weighted by Gasteiger charge is -2.41. The van der Waals surface area contributed by atoms with Crippen LogP contribution in [0.3, 0.4) is 0 Å². The van der Waals surface area contributed by atoms with E-state index in [0.717, 1.165) is 24.0 Å². The predicted molar refractivity (Wildman–Crippen MR) is 125 cm³/mol. The van der Waals surface area contributed by atoms with E-state index in [-0.39, 0.29) is 35.3 Å². The van der Waals surface area contributed by atoms with Crippen LogP contribution in [0.5, 0.6) is 0 Å². The lowest BCUT2D eigenvalue weighted by Crippen LogP contribution is -2.47. The Hall–Kier alpha value is -3.48. The van der Waals surface area contributed by atoms with Crippen molar-refractivity contribution in [3.63, 3.8) is 0 Å². The first-order chi connectivity index (χ1) is 16.4. The second-order valence-corrected chi connectivity index (χ2v) is 9.14. The van der Waals surface area contributed by atoms with Gasteiger partial charge in [0, 0.05) is 18.5 Å². The van der Waals surface area contributed by atoms with E-state index in [1.165, 1.54) is 12.1 Å². The van der Waals surface area contributed by atoms with Gasteiger partial charge in [0.05, 0.1) is 23.4 Å². The second-order valence-electron chi connectivity index (χ2n) is 9.14. The van der Waals surface area contributed by atoms with Crippen LogP contribution in [0.4, 0.5) is 0 Å². The summed E-state index contributed by atoms with van der Waals surface area (Å²) in [5.41, 5.74) is 2.23. The number of carbonyl (C=O) groups is 4. The first-order valence-electron chi connectivity index (χ1n) is 11.8. The SMILES string of the molecule is O=C(O)c1ccccc1C(=O)CC[C@@H]1c2ccccc2CCN1C(=O)[C@@H]1CCCCC1C(=O)O. The molecule has 0 radical (unpaired) electrons. The van der Waals surface area contributed by atoms with Crippen LogP contribution in [0.1, 0.15) is 76.4 Å². The molecule has 1 heterocycles. The third-order valence-electron chi connectivity index (χ3n) is 7.20. The van der Waals surface area contributed by atoms with Crippen molar-refractivity contribution in [2.75, 3.05) is 6.54 Å². The average Bonchev–Trinajstić information content (AvgIpc) is 2.86. The van der Waals surface area contributed by atoms with Crippen LogP contribution in [0.25, 0.3) is 0 Å². The Morgan fingerprint density at radius 3 is 2.21 bits per heavy atom. The van der Waals surface area contributed by atoms with Crippen LogP contribution >= 0.6 is 0 Å². The summed E-state index contributed by atoms with van der Waals surface area (Å²) in [4.78, 5) is 51.8. The van der Waals surface area contributed by atoms with Crippen molar-refractivity contribution in [1.29, 1.82) is 0 Å². The van der Waals surface area contributed by atoms with Crippen molar-refractivity contribution in [2.45, 2.75) is 51.0 Å². The molecule has 1 aliphatic heterocycles. The standard InChI is InChI=1S/C27H29NO6/c29-24(19-9-3-5-11-21(19)26(31)32)14-13-23-18-8-2-1-7-17(18)15-16-28(23)25(30)20-10-4-6-12-22(20)27(33)34/h1-3,5,7-9,11,20,22-23H,4,6,10,12-16H2,(H,31,32)(H,33,34)/t20-,22?,23-/m1/s1. The number of carbonyl (C=O) groups excluding carboxylic acids is 2. The normalized spacial score (nSPS) is 22.0. The molecule has 4 rings (SSSR count). The number of Topliss-reactive ketones (excluding diaryl/α,β-unsaturated/α-hetero) is 1. The number of hydrogen-bond donors (Lipinski definition) is 2. The minimum atomic E-state index is -1.15. The quantitative estimate of drug-likeness (QED) is 0.590. The van der Waals surface area contributed by atoms with Gasteiger partial charge in [-0.1, -0.05) is 55.3 Å². The van der Waals surface area contributed by atoms with E-state index in [1.807, 2.05) is 24.3 Å². The van der Waals surface area contributed by atoms with Gasteiger partial charge in [0.2, 0.25) is 5.91 Å². The number of fused-ring (bicyclic) bond motifs is 1. The number of carboxylic acids is 2. The largest absolute Gasteiger partial charge is 0.481 e. The van der Waals surface area contributed by atoms with Crippen molar-refractivity contribution in [3.05, 3.63) is 70.8 Å². The molecular formula is C27H29NO6. The highest BCUT2D eigenvalue weighted by molar-refractivity contribution is 6.05. The highest BCUT2D eigenvalue weighted by atomic mass is 16.4. The number of hydrogen-bond acceptors (Lipinski definition) is 4. The summed E-state index contributed by atoms with van der Waals surface area (Å²) in [6.45, 7) is 0.475. The summed E-state index contributed by atoms with van der Waals surface area (Å²) >= 11 is 0. The van der Waals surface area contributed by atoms with Crippen LogP contribution in [0.15, 0.2) is 48.5 Å². The fourth-order valence-corrected chi connectivity index (χ4v) is 5.48. The molecule has 0 saturated heterocycles. The minimum Gasteiger partial charge on any atom is -0.481 e. The summed E-state index contributed by atoms with van der Waals surface area (Å²) in [7, 11) is 0. The summed E-state index contributed by atoms with van der Waals surface area (Å²) < 4.78 is 0. The van der Waals surface area contributed by atoms with Crippen LogP contribution in [-0.4, -0.2) is 45.3 Å². The van der Waals surface area contributed by atoms with Gasteiger partial charge in [-0.15, -0.1) is 0 Å². The molecule has 0 aromatic heterocycles. The monoisotopic (exact) mass is 463 g/mol. The van der Waals surface area contributed by atoms with Gasteiger partial charge in [-0.2, -0.15) is 0 Å². The average molecular weight is 464 g/mol. The number of rotatable bonds is 7. The lowest BCUT2D eigenvalue weighted by molar-refractivity contribution is -0.153. The number of carboxylic acid groups (broad SMARTS) is 2. The maximum atomic E-state index is 13.6. The number of benzene rings is 2. The zero-order chi connectivity index (χ0) is 24.2. The van der Waals surface area contributed by atoms with Gasteiger partial charge in [-0.25, -0.2) is 4.79 Å². The molecule has 1 saturated carbocycles. The van der Waals surface area contributed by atoms with Crippen molar-refractivity contribution < 1.29 is 29.4 Å². The fourth-order valence-electron chi connectivity index (χ4n) is 5.48. The predicted octanol–water partition coefficient (Wildman–Crippen LogP) is 4.36. The molecule has 0 spiro atoms. The summed E-state index contributed by atoms with van der Waals surface area (Å²) in [6, 6.07) is 13.6. The highest BCUT2D eigenvalue weighted by Gasteiger charge is 2.41. The molecule has 178 valence electrons. The van der Waals surface area contributed by atoms with E-state index in [1.54, 1.807) is 17.0 Å². The fraction of sp³-hybridized carbons (Fsp3) is 0.407. The Bertz CT molecular complexity index is 1110. The van der Waals surface area contributed by atoms with E-state index in [9.17, 15) is 29.4 Å². The second kappa shape index (κ2) is 10.2. The van der Waals surface area contributed by atoms with Gasteiger partial charge in [-0.3, -0.25) is 14.4 Å². The van der Waals surface area contributed by atoms with Gasteiger partial charge in [0.25, 0.3) is 0 Å². The van der Waals surface area contributed by atoms with Gasteiger partial charge < -0.3 is 15.1 Å². The molecular weight excluding hydrogens is 434 g/mol. The molecule has 2 N–H and O–H groups in total. The van der Waals surface area contributed by atoms with Crippen LogP contribution in [-0.2, 0) is 16.0 Å². The van der Waals surface area contributed by atoms with Crippen LogP contribution < -0.4 is 0 Å². The Morgan fingerprint density at radius 1 is 0.853 bits per heavy atom. The van der Waals surface area contributed by atoms with Crippen molar-refractivity contribution in [3.8, 4) is 0 Å². The zero-order valence-corrected chi connectivity index (χ0v) is 19.0. The number of aromatic carboxylic acids is 1. The summed E-state index contributed by atoms with van der Waals surface area (Å²) in [5, 5.41) is 19.1. The van der Waals surface area contributed by atoms with Gasteiger partial charge in [-0.05, 0) is 42.9 Å². The third kappa shape index (κ3) is 4.74. The molecule has 2 aromatic carbocycles. The Morgan fingerprint density at radius 2 is 1.50 bits per heavy atom. The molecule has 2 aromatic rings. The van der Waals surface area contributed by atoms with Gasteiger partial charge >= 0.3 is 11.9 Å². The lowest BCUT2D eigenvalue weighted by atomic mass is 9.77. The third-order valence-corrected chi connectivity index (χ3v) is 7.20. The number of aliphatic carboxylic acids is 1. The van der Waals surface area contributed by atoms with Crippen LogP contribution in [0, 0.1) is 11.8 Å². The smallest absolute Gasteiger partial charge is 0.336 e. The molecule has 7 heteroatoms. The van der Waals surface area contributed by atoms with Gasteiger partial charge in [0.1, 0.15) is 0 Å². The van der Waals surface area contributed by atoms with E-state index in [4.69, 9.17) is 0 Å². The van der Waals surface area contributed by atoms with E-state index >= 15 is 0 Å². The zero-order valence-electron chi connectivity index (χ0n) is 19.0. The molecule has 1 fully saturated rings. The molecule has 0 bridgehead atoms. The first kappa shape index (κ1) is 23.7. The van der Waals surface area contributed by atoms with Crippen molar-refractivity contribution in [1.82, 2.24) is 4.90 Å². The van der Waals surface area contributed by atoms with Crippen molar-refractivity contribution >= 4 is 23.6 Å². The number of amides is 1. The molecule has 3 atom stereocenters. The van der Waals surface area contributed by atoms with Gasteiger partial charge in [0.15, 0.2) is 5.78 Å². The maximum absolute atomic E-state index is 13.6. The number of nitrogens with zero attached hydrogens (tertiary/aromatic N) is 1. The molecule has 34 heavy (non-hydrogen) atoms.